The summed E-state index contributed by atoms with van der Waals surface area (Å²) >= 11 is 0. The number of rotatable bonds is 6. The molecule has 0 aliphatic heterocycles. The van der Waals surface area contributed by atoms with Crippen molar-refractivity contribution in [2.45, 2.75) is 13.3 Å². The highest BCUT2D eigenvalue weighted by Gasteiger charge is 2.23. The molecule has 0 unspecified atom stereocenters. The van der Waals surface area contributed by atoms with E-state index in [1.165, 1.54) is 0 Å². The Balaban J connectivity index is 2.29. The van der Waals surface area contributed by atoms with Gasteiger partial charge in [-0.2, -0.15) is 0 Å². The maximum absolute atomic E-state index is 13.1. The monoisotopic (exact) mass is 380 g/mol. The number of nitrogens with zero attached hydrogens (tertiary/aromatic N) is 2. The summed E-state index contributed by atoms with van der Waals surface area (Å²) < 4.78 is 30.7. The lowest BCUT2D eigenvalue weighted by Crippen LogP contribution is -2.16. The van der Waals surface area contributed by atoms with Gasteiger partial charge in [-0.25, -0.2) is 18.4 Å². The summed E-state index contributed by atoms with van der Waals surface area (Å²) in [5, 5.41) is 21.4. The number of hydrogen-bond acceptors (Lipinski definition) is 7. The maximum Gasteiger partial charge on any atom is 0.346 e. The third-order valence-corrected chi connectivity index (χ3v) is 3.51. The average Bonchev–Trinajstić information content (AvgIpc) is 2.66. The van der Waals surface area contributed by atoms with E-state index in [2.05, 4.69) is 4.74 Å². The van der Waals surface area contributed by atoms with E-state index in [-0.39, 0.29) is 11.1 Å². The Morgan fingerprint density at radius 2 is 1.19 bits per heavy atom. The normalized spacial score (nSPS) is 10.3. The summed E-state index contributed by atoms with van der Waals surface area (Å²) in [6.07, 6.45) is 0. The second kappa shape index (κ2) is 8.08. The Labute approximate surface area is 149 Å². The minimum Gasteiger partial charge on any atom is -0.386 e. The van der Waals surface area contributed by atoms with Crippen molar-refractivity contribution in [3.63, 3.8) is 0 Å². The SMILES string of the molecule is O=C(OC(=O)c1ccc([N+](=O)[O-])cc1CF)c1ccc([N+](=O)[O-])cc1CF. The lowest BCUT2D eigenvalue weighted by atomic mass is 10.1. The van der Waals surface area contributed by atoms with Gasteiger partial charge in [-0.3, -0.25) is 20.2 Å². The molecule has 2 aromatic rings. The molecular formula is C16H10F2N2O7. The number of esters is 2. The third kappa shape index (κ3) is 4.26. The zero-order valence-corrected chi connectivity index (χ0v) is 13.4. The summed E-state index contributed by atoms with van der Waals surface area (Å²) in [5.74, 6) is -2.60. The molecule has 0 spiro atoms. The molecule has 0 fully saturated rings. The molecule has 140 valence electrons. The van der Waals surface area contributed by atoms with Crippen molar-refractivity contribution in [1.82, 2.24) is 0 Å². The van der Waals surface area contributed by atoms with Crippen molar-refractivity contribution < 1.29 is 33.0 Å². The van der Waals surface area contributed by atoms with Gasteiger partial charge in [0.1, 0.15) is 13.3 Å². The molecule has 2 aromatic carbocycles. The standard InChI is InChI=1S/C16H10F2N2O7/c17-7-9-5-11(19(23)24)1-3-13(9)15(21)27-16(22)14-4-2-12(20(25)26)6-10(14)8-18/h1-6H,7-8H2. The van der Waals surface area contributed by atoms with Crippen molar-refractivity contribution in [3.8, 4) is 0 Å². The van der Waals surface area contributed by atoms with Gasteiger partial charge in [0.2, 0.25) is 0 Å². The van der Waals surface area contributed by atoms with Crippen LogP contribution in [0.4, 0.5) is 20.2 Å². The summed E-state index contributed by atoms with van der Waals surface area (Å²) in [7, 11) is 0. The van der Waals surface area contributed by atoms with Crippen LogP contribution < -0.4 is 0 Å². The van der Waals surface area contributed by atoms with Gasteiger partial charge in [0.05, 0.1) is 21.0 Å². The quantitative estimate of drug-likeness (QED) is 0.325. The fraction of sp³-hybridized carbons (Fsp3) is 0.125. The number of benzene rings is 2. The Morgan fingerprint density at radius 3 is 1.48 bits per heavy atom. The molecular weight excluding hydrogens is 370 g/mol. The van der Waals surface area contributed by atoms with Gasteiger partial charge in [-0.15, -0.1) is 0 Å². The smallest absolute Gasteiger partial charge is 0.346 e. The van der Waals surface area contributed by atoms with Crippen molar-refractivity contribution in [2.24, 2.45) is 0 Å². The zero-order chi connectivity index (χ0) is 20.1. The summed E-state index contributed by atoms with van der Waals surface area (Å²) in [6, 6.07) is 5.35. The Bertz CT molecular complexity index is 871. The summed E-state index contributed by atoms with van der Waals surface area (Å²) in [6.45, 7) is -2.46. The molecule has 0 atom stereocenters. The van der Waals surface area contributed by atoms with Crippen LogP contribution in [0.25, 0.3) is 0 Å². The van der Waals surface area contributed by atoms with Crippen LogP contribution in [0.5, 0.6) is 0 Å². The molecule has 0 aliphatic carbocycles. The maximum atomic E-state index is 13.1. The van der Waals surface area contributed by atoms with Gasteiger partial charge in [-0.05, 0) is 12.1 Å². The van der Waals surface area contributed by atoms with Gasteiger partial charge in [-0.1, -0.05) is 0 Å². The number of nitro benzene ring substituents is 2. The van der Waals surface area contributed by atoms with Crippen LogP contribution in [-0.2, 0) is 18.1 Å². The Hall–Kier alpha value is -3.76. The van der Waals surface area contributed by atoms with Crippen molar-refractivity contribution in [3.05, 3.63) is 78.9 Å². The highest BCUT2D eigenvalue weighted by atomic mass is 19.1. The third-order valence-electron chi connectivity index (χ3n) is 3.51. The van der Waals surface area contributed by atoms with E-state index >= 15 is 0 Å². The molecule has 0 saturated heterocycles. The fourth-order valence-corrected chi connectivity index (χ4v) is 2.20. The number of hydrogen-bond donors (Lipinski definition) is 0. The molecule has 27 heavy (non-hydrogen) atoms. The van der Waals surface area contributed by atoms with Gasteiger partial charge in [0.15, 0.2) is 0 Å². The molecule has 9 nitrogen and oxygen atoms in total. The predicted molar refractivity (Wildman–Crippen MR) is 85.6 cm³/mol. The Morgan fingerprint density at radius 1 is 0.815 bits per heavy atom. The van der Waals surface area contributed by atoms with Crippen molar-refractivity contribution >= 4 is 23.3 Å². The lowest BCUT2D eigenvalue weighted by Gasteiger charge is -2.08. The first-order chi connectivity index (χ1) is 12.8. The molecule has 0 heterocycles. The van der Waals surface area contributed by atoms with Gasteiger partial charge in [0, 0.05) is 35.4 Å². The minimum absolute atomic E-state index is 0.364. The van der Waals surface area contributed by atoms with Crippen molar-refractivity contribution in [2.75, 3.05) is 0 Å². The van der Waals surface area contributed by atoms with E-state index in [1.54, 1.807) is 0 Å². The second-order valence-electron chi connectivity index (χ2n) is 5.14. The van der Waals surface area contributed by atoms with Crippen LogP contribution in [0.2, 0.25) is 0 Å². The largest absolute Gasteiger partial charge is 0.386 e. The number of nitro groups is 2. The molecule has 0 N–H and O–H groups in total. The second-order valence-corrected chi connectivity index (χ2v) is 5.14. The molecule has 0 radical (unpaired) electrons. The zero-order valence-electron chi connectivity index (χ0n) is 13.4. The number of ether oxygens (including phenoxy) is 1. The highest BCUT2D eigenvalue weighted by molar-refractivity contribution is 6.04. The van der Waals surface area contributed by atoms with Crippen LogP contribution >= 0.6 is 0 Å². The van der Waals surface area contributed by atoms with E-state index < -0.39 is 57.6 Å². The molecule has 0 aliphatic rings. The summed E-state index contributed by atoms with van der Waals surface area (Å²) in [4.78, 5) is 44.0. The molecule has 2 rings (SSSR count). The molecule has 0 aromatic heterocycles. The van der Waals surface area contributed by atoms with Crippen molar-refractivity contribution in [1.29, 1.82) is 0 Å². The topological polar surface area (TPSA) is 130 Å². The van der Waals surface area contributed by atoms with Gasteiger partial charge in [0.25, 0.3) is 11.4 Å². The first-order valence-electron chi connectivity index (χ1n) is 7.21. The van der Waals surface area contributed by atoms with E-state index in [0.717, 1.165) is 36.4 Å². The molecule has 0 amide bonds. The molecule has 0 saturated carbocycles. The van der Waals surface area contributed by atoms with Crippen LogP contribution in [0.15, 0.2) is 36.4 Å². The van der Waals surface area contributed by atoms with E-state index in [4.69, 9.17) is 0 Å². The van der Waals surface area contributed by atoms with E-state index in [9.17, 15) is 38.6 Å². The number of carbonyl (C=O) groups excluding carboxylic acids is 2. The lowest BCUT2D eigenvalue weighted by molar-refractivity contribution is -0.385. The Kier molecular flexibility index (Phi) is 5.85. The van der Waals surface area contributed by atoms with Crippen LogP contribution in [0.3, 0.4) is 0 Å². The highest BCUT2D eigenvalue weighted by Crippen LogP contribution is 2.22. The van der Waals surface area contributed by atoms with Gasteiger partial charge >= 0.3 is 11.9 Å². The fourth-order valence-electron chi connectivity index (χ4n) is 2.20. The number of non-ortho nitro benzene ring substituents is 2. The van der Waals surface area contributed by atoms with E-state index in [1.807, 2.05) is 0 Å². The molecule has 11 heteroatoms. The average molecular weight is 380 g/mol. The van der Waals surface area contributed by atoms with Crippen LogP contribution in [0, 0.1) is 20.2 Å². The van der Waals surface area contributed by atoms with E-state index in [0.29, 0.717) is 0 Å². The summed E-state index contributed by atoms with van der Waals surface area (Å²) in [5.41, 5.74) is -2.48. The van der Waals surface area contributed by atoms with Gasteiger partial charge < -0.3 is 4.74 Å². The first kappa shape index (κ1) is 19.6. The number of carbonyl (C=O) groups is 2. The number of halogens is 2. The predicted octanol–water partition coefficient (Wildman–Crippen LogP) is 3.44. The first-order valence-corrected chi connectivity index (χ1v) is 7.21. The van der Waals surface area contributed by atoms with Crippen LogP contribution in [-0.4, -0.2) is 21.8 Å². The minimum atomic E-state index is -1.30. The molecule has 0 bridgehead atoms. The van der Waals surface area contributed by atoms with Crippen LogP contribution in [0.1, 0.15) is 31.8 Å². The number of alkyl halides is 2.